The highest BCUT2D eigenvalue weighted by molar-refractivity contribution is 5.91. The molecule has 1 aromatic heterocycles. The molecule has 1 amide bonds. The van der Waals surface area contributed by atoms with Crippen LogP contribution >= 0.6 is 0 Å². The van der Waals surface area contributed by atoms with Crippen LogP contribution in [0.3, 0.4) is 0 Å². The Morgan fingerprint density at radius 3 is 2.86 bits per heavy atom. The maximum absolute atomic E-state index is 11.5. The number of rotatable bonds is 3. The summed E-state index contributed by atoms with van der Waals surface area (Å²) >= 11 is 0. The van der Waals surface area contributed by atoms with Gasteiger partial charge in [0.25, 0.3) is 5.91 Å². The van der Waals surface area contributed by atoms with Crippen LogP contribution in [0.5, 0.6) is 0 Å². The maximum atomic E-state index is 11.5. The molecule has 0 saturated heterocycles. The second kappa shape index (κ2) is 3.44. The molecular weight excluding hydrogens is 180 g/mol. The molecule has 1 heterocycles. The van der Waals surface area contributed by atoms with Gasteiger partial charge in [-0.1, -0.05) is 19.0 Å². The Bertz CT molecular complexity index is 340. The fourth-order valence-electron chi connectivity index (χ4n) is 1.15. The van der Waals surface area contributed by atoms with Gasteiger partial charge >= 0.3 is 0 Å². The van der Waals surface area contributed by atoms with Crippen LogP contribution in [0.4, 0.5) is 0 Å². The lowest BCUT2D eigenvalue weighted by Crippen LogP contribution is -2.24. The van der Waals surface area contributed by atoms with Crippen molar-refractivity contribution in [1.29, 1.82) is 0 Å². The molecule has 0 aliphatic heterocycles. The first-order valence-corrected chi connectivity index (χ1v) is 4.94. The Hall–Kier alpha value is -1.32. The smallest absolute Gasteiger partial charge is 0.290 e. The number of hydrogen-bond donors (Lipinski definition) is 1. The summed E-state index contributed by atoms with van der Waals surface area (Å²) < 4.78 is 4.95. The fourth-order valence-corrected chi connectivity index (χ4v) is 1.15. The SMILES string of the molecule is CC(C)c1cc(C(=O)NC2CC2)on1. The number of aromatic nitrogens is 1. The first-order valence-electron chi connectivity index (χ1n) is 4.94. The van der Waals surface area contributed by atoms with Crippen LogP contribution in [-0.2, 0) is 0 Å². The van der Waals surface area contributed by atoms with Crippen molar-refractivity contribution in [3.05, 3.63) is 17.5 Å². The molecule has 1 saturated carbocycles. The normalized spacial score (nSPS) is 15.9. The average Bonchev–Trinajstić information content (AvgIpc) is 2.81. The van der Waals surface area contributed by atoms with Crippen LogP contribution in [0.25, 0.3) is 0 Å². The van der Waals surface area contributed by atoms with Crippen molar-refractivity contribution in [2.45, 2.75) is 38.6 Å². The molecule has 76 valence electrons. The minimum Gasteiger partial charge on any atom is -0.351 e. The van der Waals surface area contributed by atoms with Crippen molar-refractivity contribution in [2.24, 2.45) is 0 Å². The van der Waals surface area contributed by atoms with E-state index in [0.717, 1.165) is 18.5 Å². The van der Waals surface area contributed by atoms with Crippen LogP contribution in [0, 0.1) is 0 Å². The lowest BCUT2D eigenvalue weighted by Gasteiger charge is -1.96. The van der Waals surface area contributed by atoms with Crippen LogP contribution in [0.1, 0.15) is 48.9 Å². The molecule has 0 bridgehead atoms. The molecule has 1 fully saturated rings. The zero-order valence-electron chi connectivity index (χ0n) is 8.41. The molecule has 0 unspecified atom stereocenters. The molecule has 0 atom stereocenters. The van der Waals surface area contributed by atoms with Crippen LogP contribution in [0.2, 0.25) is 0 Å². The first-order chi connectivity index (χ1) is 6.66. The average molecular weight is 194 g/mol. The predicted octanol–water partition coefficient (Wildman–Crippen LogP) is 1.69. The maximum Gasteiger partial charge on any atom is 0.290 e. The zero-order chi connectivity index (χ0) is 10.1. The molecule has 2 rings (SSSR count). The van der Waals surface area contributed by atoms with Gasteiger partial charge < -0.3 is 9.84 Å². The number of carbonyl (C=O) groups is 1. The van der Waals surface area contributed by atoms with Crippen molar-refractivity contribution in [1.82, 2.24) is 10.5 Å². The minimum absolute atomic E-state index is 0.146. The van der Waals surface area contributed by atoms with E-state index in [9.17, 15) is 4.79 Å². The summed E-state index contributed by atoms with van der Waals surface area (Å²) in [6, 6.07) is 2.07. The summed E-state index contributed by atoms with van der Waals surface area (Å²) in [6.45, 7) is 4.03. The van der Waals surface area contributed by atoms with Gasteiger partial charge in [0.2, 0.25) is 5.76 Å². The molecule has 1 aromatic rings. The second-order valence-electron chi connectivity index (χ2n) is 4.02. The Kier molecular flexibility index (Phi) is 2.27. The van der Waals surface area contributed by atoms with E-state index in [1.165, 1.54) is 0 Å². The highest BCUT2D eigenvalue weighted by Crippen LogP contribution is 2.20. The first kappa shape index (κ1) is 9.24. The van der Waals surface area contributed by atoms with Gasteiger partial charge in [0.15, 0.2) is 0 Å². The molecule has 1 aliphatic rings. The topological polar surface area (TPSA) is 55.1 Å². The van der Waals surface area contributed by atoms with Gasteiger partial charge in [0.05, 0.1) is 5.69 Å². The van der Waals surface area contributed by atoms with Crippen molar-refractivity contribution in [2.75, 3.05) is 0 Å². The standard InChI is InChI=1S/C10H14N2O2/c1-6(2)8-5-9(14-12-8)10(13)11-7-3-4-7/h5-7H,3-4H2,1-2H3,(H,11,13). The van der Waals surface area contributed by atoms with Crippen LogP contribution < -0.4 is 5.32 Å². The van der Waals surface area contributed by atoms with E-state index in [1.807, 2.05) is 13.8 Å². The lowest BCUT2D eigenvalue weighted by molar-refractivity contribution is 0.0914. The van der Waals surface area contributed by atoms with Gasteiger partial charge in [-0.25, -0.2) is 0 Å². The number of carbonyl (C=O) groups excluding carboxylic acids is 1. The highest BCUT2D eigenvalue weighted by Gasteiger charge is 2.25. The summed E-state index contributed by atoms with van der Waals surface area (Å²) in [5.74, 6) is 0.466. The third-order valence-electron chi connectivity index (χ3n) is 2.26. The molecule has 14 heavy (non-hydrogen) atoms. The molecule has 1 N–H and O–H groups in total. The Labute approximate surface area is 82.7 Å². The number of nitrogens with zero attached hydrogens (tertiary/aromatic N) is 1. The quantitative estimate of drug-likeness (QED) is 0.796. The van der Waals surface area contributed by atoms with Crippen molar-refractivity contribution in [3.63, 3.8) is 0 Å². The molecule has 0 aromatic carbocycles. The molecule has 1 aliphatic carbocycles. The van der Waals surface area contributed by atoms with E-state index < -0.39 is 0 Å². The number of amides is 1. The van der Waals surface area contributed by atoms with E-state index >= 15 is 0 Å². The van der Waals surface area contributed by atoms with E-state index in [2.05, 4.69) is 10.5 Å². The Morgan fingerprint density at radius 1 is 1.64 bits per heavy atom. The van der Waals surface area contributed by atoms with E-state index in [-0.39, 0.29) is 5.91 Å². The summed E-state index contributed by atoms with van der Waals surface area (Å²) in [7, 11) is 0. The van der Waals surface area contributed by atoms with Gasteiger partial charge in [-0.15, -0.1) is 0 Å². The Morgan fingerprint density at radius 2 is 2.36 bits per heavy atom. The number of hydrogen-bond acceptors (Lipinski definition) is 3. The summed E-state index contributed by atoms with van der Waals surface area (Å²) in [6.07, 6.45) is 2.16. The fraction of sp³-hybridized carbons (Fsp3) is 0.600. The monoisotopic (exact) mass is 194 g/mol. The van der Waals surface area contributed by atoms with Gasteiger partial charge in [0, 0.05) is 12.1 Å². The third kappa shape index (κ3) is 1.95. The van der Waals surface area contributed by atoms with Gasteiger partial charge in [-0.05, 0) is 18.8 Å². The van der Waals surface area contributed by atoms with E-state index in [1.54, 1.807) is 6.07 Å². The van der Waals surface area contributed by atoms with Crippen molar-refractivity contribution >= 4 is 5.91 Å². The third-order valence-corrected chi connectivity index (χ3v) is 2.26. The molecule has 0 radical (unpaired) electrons. The van der Waals surface area contributed by atoms with E-state index in [4.69, 9.17) is 4.52 Å². The van der Waals surface area contributed by atoms with Crippen molar-refractivity contribution in [3.8, 4) is 0 Å². The summed E-state index contributed by atoms with van der Waals surface area (Å²) in [4.78, 5) is 11.5. The predicted molar refractivity (Wildman–Crippen MR) is 51.1 cm³/mol. The lowest BCUT2D eigenvalue weighted by atomic mass is 10.1. The molecule has 0 spiro atoms. The van der Waals surface area contributed by atoms with Crippen LogP contribution in [-0.4, -0.2) is 17.1 Å². The number of nitrogens with one attached hydrogen (secondary N) is 1. The zero-order valence-corrected chi connectivity index (χ0v) is 8.41. The van der Waals surface area contributed by atoms with Gasteiger partial charge in [0.1, 0.15) is 0 Å². The minimum atomic E-state index is -0.146. The van der Waals surface area contributed by atoms with E-state index in [0.29, 0.717) is 17.7 Å². The largest absolute Gasteiger partial charge is 0.351 e. The Balaban J connectivity index is 2.03. The summed E-state index contributed by atoms with van der Waals surface area (Å²) in [5.41, 5.74) is 0.825. The van der Waals surface area contributed by atoms with Gasteiger partial charge in [-0.2, -0.15) is 0 Å². The van der Waals surface area contributed by atoms with Gasteiger partial charge in [-0.3, -0.25) is 4.79 Å². The van der Waals surface area contributed by atoms with Crippen LogP contribution in [0.15, 0.2) is 10.6 Å². The molecule has 4 nitrogen and oxygen atoms in total. The molecule has 4 heteroatoms. The second-order valence-corrected chi connectivity index (χ2v) is 4.02. The summed E-state index contributed by atoms with van der Waals surface area (Å²) in [5, 5.41) is 6.68. The highest BCUT2D eigenvalue weighted by atomic mass is 16.5. The van der Waals surface area contributed by atoms with Crippen molar-refractivity contribution < 1.29 is 9.32 Å². The molecular formula is C10H14N2O2.